The van der Waals surface area contributed by atoms with Crippen molar-refractivity contribution in [1.82, 2.24) is 0 Å². The summed E-state index contributed by atoms with van der Waals surface area (Å²) in [5.74, 6) is 3.13. The first-order valence-electron chi connectivity index (χ1n) is 22.6. The molecule has 6 aliphatic carbocycles. The molecule has 2 spiro atoms. The molecule has 4 bridgehead atoms. The molecule has 0 unspecified atom stereocenters. The molecule has 0 N–H and O–H groups in total. The molecule has 0 aromatic heterocycles. The van der Waals surface area contributed by atoms with Crippen LogP contribution in [0.15, 0.2) is 152 Å². The van der Waals surface area contributed by atoms with E-state index in [9.17, 15) is 0 Å². The Kier molecular flexibility index (Phi) is 6.02. The highest BCUT2D eigenvalue weighted by Crippen LogP contribution is 2.67. The van der Waals surface area contributed by atoms with E-state index in [0.29, 0.717) is 0 Å². The third-order valence-corrected chi connectivity index (χ3v) is 17.4. The number of rotatable bonds is 2. The van der Waals surface area contributed by atoms with E-state index in [1.807, 2.05) is 0 Å². The lowest BCUT2D eigenvalue weighted by atomic mass is 9.32. The normalized spacial score (nSPS) is 27.5. The van der Waals surface area contributed by atoms with Gasteiger partial charge in [0.25, 0.3) is 6.71 Å². The van der Waals surface area contributed by atoms with Crippen molar-refractivity contribution in [2.45, 2.75) is 62.2 Å². The SMILES string of the molecule is c1ccc(N2c3cccc4c3B(c3ccccc3N4c3ccc4c(c3)[C@]3(C[C@H]5CC[C@@H]3C5)c3ccccc3-4)c3c2ccc2c3-c3ccccc3[C@@]23C[C@H]2CC[C@@H]3C2)cc1. The lowest BCUT2D eigenvalue weighted by molar-refractivity contribution is 0.327. The topological polar surface area (TPSA) is 6.48 Å². The van der Waals surface area contributed by atoms with Gasteiger partial charge in [-0.3, -0.25) is 0 Å². The summed E-state index contributed by atoms with van der Waals surface area (Å²) in [6.07, 6.45) is 10.9. The second kappa shape index (κ2) is 11.1. The molecule has 6 atom stereocenters. The Morgan fingerprint density at radius 3 is 1.75 bits per heavy atom. The molecule has 2 aliphatic heterocycles. The molecule has 282 valence electrons. The fourth-order valence-electron chi connectivity index (χ4n) is 15.5. The van der Waals surface area contributed by atoms with E-state index in [4.69, 9.17) is 0 Å². The largest absolute Gasteiger partial charge is 0.311 e. The van der Waals surface area contributed by atoms with Crippen molar-refractivity contribution in [1.29, 1.82) is 0 Å². The molecule has 3 heteroatoms. The van der Waals surface area contributed by atoms with Gasteiger partial charge in [-0.25, -0.2) is 0 Å². The summed E-state index contributed by atoms with van der Waals surface area (Å²) in [6, 6.07) is 59.5. The van der Waals surface area contributed by atoms with E-state index < -0.39 is 0 Å². The third-order valence-electron chi connectivity index (χ3n) is 17.4. The Morgan fingerprint density at radius 2 is 1.02 bits per heavy atom. The van der Waals surface area contributed by atoms with Crippen LogP contribution in [-0.4, -0.2) is 6.71 Å². The number of anilines is 6. The van der Waals surface area contributed by atoms with Gasteiger partial charge in [-0.15, -0.1) is 0 Å². The van der Waals surface area contributed by atoms with Gasteiger partial charge in [0.1, 0.15) is 0 Å². The molecule has 0 saturated heterocycles. The Hall–Kier alpha value is -5.80. The minimum Gasteiger partial charge on any atom is -0.311 e. The Labute approximate surface area is 347 Å². The molecule has 8 aliphatic rings. The van der Waals surface area contributed by atoms with Crippen LogP contribution in [0.2, 0.25) is 0 Å². The van der Waals surface area contributed by atoms with Crippen LogP contribution in [0.3, 0.4) is 0 Å². The maximum absolute atomic E-state index is 2.65. The molecule has 7 aromatic carbocycles. The van der Waals surface area contributed by atoms with E-state index in [0.717, 1.165) is 23.7 Å². The van der Waals surface area contributed by atoms with Gasteiger partial charge in [0.2, 0.25) is 0 Å². The molecule has 59 heavy (non-hydrogen) atoms. The highest BCUT2D eigenvalue weighted by molar-refractivity contribution is 7.01. The van der Waals surface area contributed by atoms with Crippen molar-refractivity contribution in [2.24, 2.45) is 23.7 Å². The van der Waals surface area contributed by atoms with Gasteiger partial charge in [0.05, 0.1) is 0 Å². The average Bonchev–Trinajstić information content (AvgIpc) is 4.17. The molecular formula is C56H45BN2. The summed E-state index contributed by atoms with van der Waals surface area (Å²) in [6.45, 7) is 0.107. The van der Waals surface area contributed by atoms with Crippen LogP contribution in [0.4, 0.5) is 34.1 Å². The van der Waals surface area contributed by atoms with Gasteiger partial charge in [-0.05, 0) is 172 Å². The van der Waals surface area contributed by atoms with Crippen LogP contribution in [0.5, 0.6) is 0 Å². The maximum atomic E-state index is 2.65. The highest BCUT2D eigenvalue weighted by Gasteiger charge is 2.59. The molecule has 4 fully saturated rings. The fourth-order valence-corrected chi connectivity index (χ4v) is 15.5. The first-order valence-corrected chi connectivity index (χ1v) is 22.6. The van der Waals surface area contributed by atoms with E-state index >= 15 is 0 Å². The molecule has 2 nitrogen and oxygen atoms in total. The summed E-state index contributed by atoms with van der Waals surface area (Å²) in [7, 11) is 0. The quantitative estimate of drug-likeness (QED) is 0.162. The number of nitrogens with zero attached hydrogens (tertiary/aromatic N) is 2. The van der Waals surface area contributed by atoms with Crippen molar-refractivity contribution in [3.05, 3.63) is 174 Å². The number of para-hydroxylation sites is 2. The summed E-state index contributed by atoms with van der Waals surface area (Å²) in [4.78, 5) is 5.26. The second-order valence-corrected chi connectivity index (χ2v) is 19.6. The smallest absolute Gasteiger partial charge is 0.252 e. The zero-order valence-corrected chi connectivity index (χ0v) is 33.4. The summed E-state index contributed by atoms with van der Waals surface area (Å²) >= 11 is 0. The average molecular weight is 757 g/mol. The van der Waals surface area contributed by atoms with E-state index in [2.05, 4.69) is 161 Å². The Balaban J connectivity index is 1.00. The van der Waals surface area contributed by atoms with Gasteiger partial charge in [0, 0.05) is 45.0 Å². The van der Waals surface area contributed by atoms with Gasteiger partial charge < -0.3 is 9.80 Å². The van der Waals surface area contributed by atoms with Crippen molar-refractivity contribution < 1.29 is 0 Å². The number of fused-ring (bicyclic) bond motifs is 21. The summed E-state index contributed by atoms with van der Waals surface area (Å²) < 4.78 is 0. The molecule has 0 radical (unpaired) electrons. The molecule has 4 saturated carbocycles. The Morgan fingerprint density at radius 1 is 0.424 bits per heavy atom. The summed E-state index contributed by atoms with van der Waals surface area (Å²) in [5.41, 5.74) is 24.7. The predicted molar refractivity (Wildman–Crippen MR) is 244 cm³/mol. The Bertz CT molecular complexity index is 2990. The van der Waals surface area contributed by atoms with Gasteiger partial charge in [-0.2, -0.15) is 0 Å². The maximum Gasteiger partial charge on any atom is 0.252 e. The van der Waals surface area contributed by atoms with E-state index in [1.165, 1.54) is 124 Å². The van der Waals surface area contributed by atoms with Crippen molar-refractivity contribution in [3.63, 3.8) is 0 Å². The molecular weight excluding hydrogens is 711 g/mol. The molecule has 2 heterocycles. The number of hydrogen-bond acceptors (Lipinski definition) is 2. The highest BCUT2D eigenvalue weighted by atomic mass is 15.2. The molecule has 7 aromatic rings. The zero-order chi connectivity index (χ0) is 38.2. The number of benzene rings is 7. The monoisotopic (exact) mass is 756 g/mol. The van der Waals surface area contributed by atoms with Gasteiger partial charge >= 0.3 is 0 Å². The molecule has 15 rings (SSSR count). The van der Waals surface area contributed by atoms with Crippen LogP contribution in [-0.2, 0) is 10.8 Å². The van der Waals surface area contributed by atoms with Crippen LogP contribution in [0.25, 0.3) is 22.3 Å². The predicted octanol–water partition coefficient (Wildman–Crippen LogP) is 11.9. The van der Waals surface area contributed by atoms with Crippen molar-refractivity contribution in [2.75, 3.05) is 9.80 Å². The van der Waals surface area contributed by atoms with Crippen LogP contribution in [0, 0.1) is 23.7 Å². The fraction of sp³-hybridized carbons (Fsp3) is 0.250. The third kappa shape index (κ3) is 3.75. The minimum atomic E-state index is 0.107. The van der Waals surface area contributed by atoms with Crippen LogP contribution in [0.1, 0.15) is 73.6 Å². The first-order chi connectivity index (χ1) is 29.2. The van der Waals surface area contributed by atoms with Crippen molar-refractivity contribution >= 4 is 57.2 Å². The van der Waals surface area contributed by atoms with Crippen LogP contribution < -0.4 is 26.2 Å². The zero-order valence-electron chi connectivity index (χ0n) is 33.4. The number of hydrogen-bond donors (Lipinski definition) is 0. The first kappa shape index (κ1) is 32.1. The second-order valence-electron chi connectivity index (χ2n) is 19.6. The summed E-state index contributed by atoms with van der Waals surface area (Å²) in [5, 5.41) is 0. The van der Waals surface area contributed by atoms with Crippen molar-refractivity contribution in [3.8, 4) is 22.3 Å². The lowest BCUT2D eigenvalue weighted by Gasteiger charge is -2.45. The standard InChI is InChI=1S/C56H45BN2/c1-2-11-38(12-3-1)58-49-19-10-20-50-53(49)57(54-51(58)28-27-45-52(54)42-14-5-7-16-44(42)55(45)32-34-21-23-36(55)29-34)47-17-8-9-18-48(47)59(50)39-25-26-41-40-13-4-6-15-43(40)56(46(41)31-39)33-35-22-24-37(56)30-35/h1-20,25-28,31,34-37H,21-24,29-30,32-33H2/t34-,35-,36+,37+,55-,56-/m0/s1. The minimum absolute atomic E-state index is 0.107. The van der Waals surface area contributed by atoms with Crippen LogP contribution >= 0.6 is 0 Å². The van der Waals surface area contributed by atoms with Gasteiger partial charge in [-0.1, -0.05) is 116 Å². The molecule has 0 amide bonds. The van der Waals surface area contributed by atoms with E-state index in [-0.39, 0.29) is 17.5 Å². The lowest BCUT2D eigenvalue weighted by Crippen LogP contribution is -2.62. The van der Waals surface area contributed by atoms with E-state index in [1.54, 1.807) is 22.3 Å². The van der Waals surface area contributed by atoms with Gasteiger partial charge in [0.15, 0.2) is 0 Å².